The summed E-state index contributed by atoms with van der Waals surface area (Å²) in [6, 6.07) is 0. The van der Waals surface area contributed by atoms with Crippen LogP contribution in [0.25, 0.3) is 0 Å². The second-order valence-electron chi connectivity index (χ2n) is 7.13. The van der Waals surface area contributed by atoms with E-state index < -0.39 is 5.60 Å². The second kappa shape index (κ2) is 4.12. The Morgan fingerprint density at radius 3 is 2.44 bits per heavy atom. The molecule has 2 rings (SSSR count). The molecule has 0 N–H and O–H groups in total. The van der Waals surface area contributed by atoms with Gasteiger partial charge < -0.3 is 14.4 Å². The van der Waals surface area contributed by atoms with Crippen LogP contribution in [0.2, 0.25) is 0 Å². The van der Waals surface area contributed by atoms with Crippen molar-refractivity contribution in [2.45, 2.75) is 58.7 Å². The molecule has 2 saturated heterocycles. The smallest absolute Gasteiger partial charge is 0.410 e. The summed E-state index contributed by atoms with van der Waals surface area (Å²) in [5, 5.41) is 0. The fourth-order valence-electron chi connectivity index (χ4n) is 2.86. The number of hydrogen-bond acceptors (Lipinski definition) is 3. The number of likely N-dealkylation sites (tertiary alicyclic amines) is 1. The Hall–Kier alpha value is -0.770. The molecule has 18 heavy (non-hydrogen) atoms. The van der Waals surface area contributed by atoms with Crippen LogP contribution in [0.5, 0.6) is 0 Å². The molecular formula is C14H25NO3. The maximum absolute atomic E-state index is 12.1. The van der Waals surface area contributed by atoms with E-state index in [-0.39, 0.29) is 17.1 Å². The van der Waals surface area contributed by atoms with E-state index in [1.165, 1.54) is 0 Å². The molecule has 2 fully saturated rings. The number of hydrogen-bond donors (Lipinski definition) is 0. The third-order valence-electron chi connectivity index (χ3n) is 4.22. The normalized spacial score (nSPS) is 31.1. The first kappa shape index (κ1) is 13.7. The van der Waals surface area contributed by atoms with E-state index in [4.69, 9.17) is 9.47 Å². The summed E-state index contributed by atoms with van der Waals surface area (Å²) in [6.45, 7) is 12.4. The lowest BCUT2D eigenvalue weighted by molar-refractivity contribution is -0.0436. The van der Waals surface area contributed by atoms with Gasteiger partial charge in [0.2, 0.25) is 0 Å². The topological polar surface area (TPSA) is 38.8 Å². The Morgan fingerprint density at radius 2 is 1.94 bits per heavy atom. The van der Waals surface area contributed by atoms with Crippen LogP contribution in [0.1, 0.15) is 47.5 Å². The predicted molar refractivity (Wildman–Crippen MR) is 69.5 cm³/mol. The van der Waals surface area contributed by atoms with E-state index in [2.05, 4.69) is 13.8 Å². The summed E-state index contributed by atoms with van der Waals surface area (Å²) in [5.41, 5.74) is -0.452. The highest BCUT2D eigenvalue weighted by Crippen LogP contribution is 2.48. The average Bonchev–Trinajstić information content (AvgIpc) is 2.71. The van der Waals surface area contributed by atoms with Gasteiger partial charge in [-0.25, -0.2) is 4.79 Å². The van der Waals surface area contributed by atoms with Crippen molar-refractivity contribution in [1.82, 2.24) is 4.90 Å². The lowest BCUT2D eigenvalue weighted by Gasteiger charge is -2.36. The van der Waals surface area contributed by atoms with Crippen LogP contribution in [0.15, 0.2) is 0 Å². The van der Waals surface area contributed by atoms with E-state index in [0.29, 0.717) is 6.54 Å². The molecule has 1 amide bonds. The summed E-state index contributed by atoms with van der Waals surface area (Å²) < 4.78 is 11.4. The van der Waals surface area contributed by atoms with Crippen LogP contribution in [0.3, 0.4) is 0 Å². The Labute approximate surface area is 110 Å². The summed E-state index contributed by atoms with van der Waals surface area (Å²) in [4.78, 5) is 13.9. The number of carbonyl (C=O) groups is 1. The molecule has 104 valence electrons. The predicted octanol–water partition coefficient (Wildman–Crippen LogP) is 2.81. The molecule has 2 aliphatic rings. The first-order chi connectivity index (χ1) is 8.15. The van der Waals surface area contributed by atoms with Crippen LogP contribution in [0.4, 0.5) is 4.79 Å². The van der Waals surface area contributed by atoms with Crippen molar-refractivity contribution >= 4 is 6.09 Å². The van der Waals surface area contributed by atoms with Gasteiger partial charge in [0, 0.05) is 13.2 Å². The van der Waals surface area contributed by atoms with Crippen molar-refractivity contribution in [2.24, 2.45) is 5.41 Å². The SMILES string of the molecule is CC(C)(C)OC(=O)N1CC[C@@]2(C1)OCCC2(C)C. The molecule has 2 heterocycles. The van der Waals surface area contributed by atoms with Crippen molar-refractivity contribution < 1.29 is 14.3 Å². The molecule has 4 heteroatoms. The highest BCUT2D eigenvalue weighted by atomic mass is 16.6. The average molecular weight is 255 g/mol. The monoisotopic (exact) mass is 255 g/mol. The van der Waals surface area contributed by atoms with Gasteiger partial charge in [-0.15, -0.1) is 0 Å². The maximum atomic E-state index is 12.1. The Balaban J connectivity index is 2.03. The zero-order chi connectivity index (χ0) is 13.6. The molecule has 1 atom stereocenters. The summed E-state index contributed by atoms with van der Waals surface area (Å²) in [5.74, 6) is 0. The number of ether oxygens (including phenoxy) is 2. The van der Waals surface area contributed by atoms with Crippen molar-refractivity contribution in [3.8, 4) is 0 Å². The number of carbonyl (C=O) groups excluding carboxylic acids is 1. The molecule has 0 unspecified atom stereocenters. The Kier molecular flexibility index (Phi) is 3.13. The van der Waals surface area contributed by atoms with Gasteiger partial charge in [-0.1, -0.05) is 13.8 Å². The Bertz CT molecular complexity index is 345. The van der Waals surface area contributed by atoms with E-state index >= 15 is 0 Å². The molecule has 0 aromatic heterocycles. The first-order valence-corrected chi connectivity index (χ1v) is 6.77. The number of amides is 1. The van der Waals surface area contributed by atoms with Crippen LogP contribution in [0, 0.1) is 5.41 Å². The van der Waals surface area contributed by atoms with Gasteiger partial charge >= 0.3 is 6.09 Å². The third-order valence-corrected chi connectivity index (χ3v) is 4.22. The fourth-order valence-corrected chi connectivity index (χ4v) is 2.86. The quantitative estimate of drug-likeness (QED) is 0.668. The highest BCUT2D eigenvalue weighted by Gasteiger charge is 2.55. The van der Waals surface area contributed by atoms with Gasteiger partial charge in [0.25, 0.3) is 0 Å². The van der Waals surface area contributed by atoms with Gasteiger partial charge in [0.05, 0.1) is 12.1 Å². The third kappa shape index (κ3) is 2.35. The van der Waals surface area contributed by atoms with E-state index in [9.17, 15) is 4.79 Å². The molecular weight excluding hydrogens is 230 g/mol. The molecule has 4 nitrogen and oxygen atoms in total. The van der Waals surface area contributed by atoms with Crippen LogP contribution >= 0.6 is 0 Å². The zero-order valence-corrected chi connectivity index (χ0v) is 12.2. The lowest BCUT2D eigenvalue weighted by atomic mass is 9.74. The maximum Gasteiger partial charge on any atom is 0.410 e. The van der Waals surface area contributed by atoms with Crippen molar-refractivity contribution in [3.05, 3.63) is 0 Å². The van der Waals surface area contributed by atoms with Crippen molar-refractivity contribution in [1.29, 1.82) is 0 Å². The largest absolute Gasteiger partial charge is 0.444 e. The molecule has 0 aromatic carbocycles. The fraction of sp³-hybridized carbons (Fsp3) is 0.929. The number of rotatable bonds is 0. The minimum absolute atomic E-state index is 0.143. The summed E-state index contributed by atoms with van der Waals surface area (Å²) in [6.07, 6.45) is 1.76. The second-order valence-corrected chi connectivity index (χ2v) is 7.13. The zero-order valence-electron chi connectivity index (χ0n) is 12.2. The van der Waals surface area contributed by atoms with Gasteiger partial charge in [-0.3, -0.25) is 0 Å². The van der Waals surface area contributed by atoms with Gasteiger partial charge in [-0.2, -0.15) is 0 Å². The van der Waals surface area contributed by atoms with E-state index in [1.807, 2.05) is 20.8 Å². The standard InChI is InChI=1S/C14H25NO3/c1-12(2,3)18-11(16)15-8-6-14(10-15)13(4,5)7-9-17-14/h6-10H2,1-5H3/t14-/m0/s1. The van der Waals surface area contributed by atoms with Gasteiger partial charge in [-0.05, 0) is 39.0 Å². The van der Waals surface area contributed by atoms with E-state index in [1.54, 1.807) is 4.90 Å². The minimum Gasteiger partial charge on any atom is -0.444 e. The summed E-state index contributed by atoms with van der Waals surface area (Å²) >= 11 is 0. The van der Waals surface area contributed by atoms with Crippen LogP contribution in [-0.4, -0.2) is 41.9 Å². The highest BCUT2D eigenvalue weighted by molar-refractivity contribution is 5.68. The van der Waals surface area contributed by atoms with Gasteiger partial charge in [0.1, 0.15) is 5.60 Å². The number of nitrogens with zero attached hydrogens (tertiary/aromatic N) is 1. The summed E-state index contributed by atoms with van der Waals surface area (Å²) in [7, 11) is 0. The minimum atomic E-state index is -0.432. The van der Waals surface area contributed by atoms with Crippen LogP contribution < -0.4 is 0 Å². The molecule has 0 bridgehead atoms. The van der Waals surface area contributed by atoms with Crippen LogP contribution in [-0.2, 0) is 9.47 Å². The molecule has 2 aliphatic heterocycles. The molecule has 1 spiro atoms. The first-order valence-electron chi connectivity index (χ1n) is 6.77. The molecule has 0 saturated carbocycles. The lowest BCUT2D eigenvalue weighted by Crippen LogP contribution is -2.45. The van der Waals surface area contributed by atoms with Crippen molar-refractivity contribution in [2.75, 3.05) is 19.7 Å². The van der Waals surface area contributed by atoms with E-state index in [0.717, 1.165) is 26.0 Å². The van der Waals surface area contributed by atoms with Crippen molar-refractivity contribution in [3.63, 3.8) is 0 Å². The van der Waals surface area contributed by atoms with Gasteiger partial charge in [0.15, 0.2) is 0 Å². The molecule has 0 aromatic rings. The molecule has 0 aliphatic carbocycles. The Morgan fingerprint density at radius 1 is 1.28 bits per heavy atom. The molecule has 0 radical (unpaired) electrons.